The van der Waals surface area contributed by atoms with Gasteiger partial charge in [-0.3, -0.25) is 43.2 Å². The summed E-state index contributed by atoms with van der Waals surface area (Å²) in [6.45, 7) is 15.9. The van der Waals surface area contributed by atoms with E-state index < -0.39 is 30.0 Å². The highest BCUT2D eigenvalue weighted by molar-refractivity contribution is 9.09. The van der Waals surface area contributed by atoms with Crippen molar-refractivity contribution < 1.29 is 95.5 Å². The molecule has 600 valence electrons. The lowest BCUT2D eigenvalue weighted by molar-refractivity contribution is -0.129. The standard InChI is InChI=1S/C73H126BrN11O20/c1-3-57(2)71-67(89)22-17-60(68(90)55-81-64(13-5-7-27-85-56-61(83-84-85)18-23-70(92)82-71)66(88)21-16-59(10-8-26-79-73(76)77)54-80-65(72(75)93)52-58-14-19-62(86)20-15-58)11-4-6-25-78-69(91)24-29-95-31-33-97-35-37-99-39-41-101-43-45-103-47-49-105-51-50-104-48-46-102-44-42-100-40-38-98-36-34-96-32-30-94-28-9-12-63(87)53-74/h14-15,19-20,56-57,59-60,64-65,71,80-81,86H,3-13,16-18,21-55H2,1-2H3,(H2,75,93)(H,78,91)(H,82,92)(H4,76,77,79)/t57-,59+,60+,64-,65-,71-/m0/s1. The molecule has 0 fully saturated rings. The predicted molar refractivity (Wildman–Crippen MR) is 398 cm³/mol. The number of fused-ring (bicyclic) bond motifs is 2. The zero-order valence-corrected chi connectivity index (χ0v) is 64.2. The van der Waals surface area contributed by atoms with Gasteiger partial charge < -0.3 is 100 Å². The van der Waals surface area contributed by atoms with Gasteiger partial charge in [-0.1, -0.05) is 60.0 Å². The first-order valence-corrected chi connectivity index (χ1v) is 38.8. The summed E-state index contributed by atoms with van der Waals surface area (Å²) >= 11 is 3.15. The molecule has 11 N–H and O–H groups in total. The van der Waals surface area contributed by atoms with Gasteiger partial charge in [0.2, 0.25) is 17.7 Å². The highest BCUT2D eigenvalue weighted by atomic mass is 79.9. The van der Waals surface area contributed by atoms with Gasteiger partial charge in [0.15, 0.2) is 11.7 Å². The van der Waals surface area contributed by atoms with E-state index in [-0.39, 0.29) is 104 Å². The molecule has 0 saturated carbocycles. The zero-order chi connectivity index (χ0) is 76.0. The number of carbonyl (C=O) groups excluding carboxylic acids is 7. The van der Waals surface area contributed by atoms with Crippen molar-refractivity contribution in [2.75, 3.05) is 190 Å². The first-order chi connectivity index (χ1) is 51.1. The number of primary amides is 1. The van der Waals surface area contributed by atoms with Gasteiger partial charge in [-0.15, -0.1) is 5.10 Å². The third kappa shape index (κ3) is 50.7. The van der Waals surface area contributed by atoms with Gasteiger partial charge in [0.1, 0.15) is 23.1 Å². The van der Waals surface area contributed by atoms with Crippen molar-refractivity contribution in [3.63, 3.8) is 0 Å². The number of unbranched alkanes of at least 4 members (excludes halogenated alkanes) is 1. The number of ether oxygens (including phenoxy) is 12. The number of alkyl halides is 1. The molecule has 3 rings (SSSR count). The highest BCUT2D eigenvalue weighted by Crippen LogP contribution is 2.22. The van der Waals surface area contributed by atoms with E-state index in [1.165, 1.54) is 0 Å². The van der Waals surface area contributed by atoms with Crippen molar-refractivity contribution in [2.24, 2.45) is 39.9 Å². The summed E-state index contributed by atoms with van der Waals surface area (Å²) in [4.78, 5) is 96.8. The minimum atomic E-state index is -0.738. The van der Waals surface area contributed by atoms with Crippen molar-refractivity contribution in [3.8, 4) is 5.75 Å². The summed E-state index contributed by atoms with van der Waals surface area (Å²) in [6.07, 6.45) is 10.2. The molecule has 1 aliphatic rings. The number of hydrogen-bond donors (Lipinski definition) is 8. The Bertz CT molecular complexity index is 2630. The maximum absolute atomic E-state index is 14.4. The first kappa shape index (κ1) is 93.6. The number of rotatable bonds is 62. The van der Waals surface area contributed by atoms with E-state index in [0.29, 0.717) is 273 Å². The second-order valence-electron chi connectivity index (χ2n) is 25.8. The molecule has 2 aromatic rings. The van der Waals surface area contributed by atoms with E-state index >= 15 is 0 Å². The van der Waals surface area contributed by atoms with Gasteiger partial charge in [0, 0.05) is 76.9 Å². The van der Waals surface area contributed by atoms with Crippen LogP contribution in [0.4, 0.5) is 0 Å². The van der Waals surface area contributed by atoms with Crippen LogP contribution in [0.15, 0.2) is 35.5 Å². The number of aromatic nitrogens is 3. The van der Waals surface area contributed by atoms with Gasteiger partial charge in [0.05, 0.1) is 188 Å². The van der Waals surface area contributed by atoms with Crippen LogP contribution in [-0.4, -0.2) is 275 Å². The second kappa shape index (κ2) is 63.4. The molecule has 105 heavy (non-hydrogen) atoms. The van der Waals surface area contributed by atoms with Crippen LogP contribution in [-0.2, 0) is 110 Å². The Morgan fingerprint density at radius 1 is 0.648 bits per heavy atom. The third-order valence-electron chi connectivity index (χ3n) is 17.3. The van der Waals surface area contributed by atoms with Gasteiger partial charge in [-0.25, -0.2) is 0 Å². The Labute approximate surface area is 629 Å². The molecule has 31 nitrogen and oxygen atoms in total. The third-order valence-corrected chi connectivity index (χ3v) is 17.9. The number of ketones is 4. The minimum absolute atomic E-state index is 0.0223. The zero-order valence-electron chi connectivity index (χ0n) is 62.6. The number of halogens is 1. The molecule has 0 unspecified atom stereocenters. The first-order valence-electron chi connectivity index (χ1n) is 37.7. The second-order valence-corrected chi connectivity index (χ2v) is 26.3. The molecular formula is C73H126BrN11O20. The average Bonchev–Trinajstić information content (AvgIpc) is 1.63. The number of nitrogens with two attached hydrogens (primary N) is 3. The van der Waals surface area contributed by atoms with Crippen LogP contribution in [0, 0.1) is 17.8 Å². The number of aromatic hydroxyl groups is 1. The topological polar surface area (TPSA) is 420 Å². The number of nitrogens with zero attached hydrogens (tertiary/aromatic N) is 4. The molecule has 0 spiro atoms. The number of hydrogen-bond acceptors (Lipinski definition) is 25. The Morgan fingerprint density at radius 3 is 1.71 bits per heavy atom. The van der Waals surface area contributed by atoms with Gasteiger partial charge >= 0.3 is 0 Å². The van der Waals surface area contributed by atoms with Gasteiger partial charge in [-0.05, 0) is 107 Å². The Kier molecular flexibility index (Phi) is 56.5. The van der Waals surface area contributed by atoms with E-state index in [0.717, 1.165) is 12.0 Å². The molecule has 2 heterocycles. The molecular weight excluding hydrogens is 1430 g/mol. The van der Waals surface area contributed by atoms with Crippen LogP contribution in [0.25, 0.3) is 0 Å². The van der Waals surface area contributed by atoms with Crippen molar-refractivity contribution in [1.82, 2.24) is 36.3 Å². The molecule has 3 amide bonds. The van der Waals surface area contributed by atoms with Gasteiger partial charge in [0.25, 0.3) is 0 Å². The number of guanidine groups is 1. The van der Waals surface area contributed by atoms with Crippen LogP contribution in [0.2, 0.25) is 0 Å². The molecule has 0 aliphatic carbocycles. The Balaban J connectivity index is 1.29. The Hall–Kier alpha value is -5.56. The largest absolute Gasteiger partial charge is 0.508 e. The van der Waals surface area contributed by atoms with Crippen LogP contribution >= 0.6 is 15.9 Å². The van der Waals surface area contributed by atoms with Crippen LogP contribution in [0.5, 0.6) is 5.75 Å². The molecule has 1 aliphatic heterocycles. The Morgan fingerprint density at radius 2 is 1.19 bits per heavy atom. The van der Waals surface area contributed by atoms with E-state index in [4.69, 9.17) is 74.0 Å². The van der Waals surface area contributed by atoms with Crippen molar-refractivity contribution >= 4 is 62.7 Å². The fourth-order valence-corrected chi connectivity index (χ4v) is 11.3. The van der Waals surface area contributed by atoms with Crippen molar-refractivity contribution in [1.29, 1.82) is 0 Å². The monoisotopic (exact) mass is 1560 g/mol. The van der Waals surface area contributed by atoms with Crippen LogP contribution in [0.3, 0.4) is 0 Å². The van der Waals surface area contributed by atoms with Crippen LogP contribution < -0.4 is 38.5 Å². The molecule has 32 heteroatoms. The van der Waals surface area contributed by atoms with E-state index in [1.54, 1.807) is 28.9 Å². The average molecular weight is 1560 g/mol. The number of phenolic OH excluding ortho intramolecular Hbond substituents is 1. The molecule has 1 aromatic heterocycles. The van der Waals surface area contributed by atoms with Crippen molar-refractivity contribution in [2.45, 2.75) is 161 Å². The van der Waals surface area contributed by atoms with E-state index in [2.05, 4.69) is 52.5 Å². The number of phenols is 1. The number of amides is 3. The smallest absolute Gasteiger partial charge is 0.234 e. The van der Waals surface area contributed by atoms with Crippen LogP contribution in [0.1, 0.15) is 134 Å². The maximum Gasteiger partial charge on any atom is 0.234 e. The lowest BCUT2D eigenvalue weighted by atomic mass is 9.87. The number of aryl methyl sites for hydroxylation is 2. The predicted octanol–water partition coefficient (Wildman–Crippen LogP) is 3.45. The number of Topliss-reactive ketones (excluding diaryl/α,β-unsaturated/α-hetero) is 4. The van der Waals surface area contributed by atoms with E-state index in [1.807, 2.05) is 20.0 Å². The van der Waals surface area contributed by atoms with Crippen molar-refractivity contribution in [3.05, 3.63) is 41.7 Å². The SMILES string of the molecule is CC[C@H](C)[C@@H]1NC(=O)CCc2cn(nn2)CCCC[C@@H](C(=O)CC[C@@H](CCCN=C(N)N)CN[C@@H](Cc2ccc(O)cc2)C(N)=O)NCC(=O)[C@H](CCCCNC(=O)CCOCCOCCOCCOCCOCCOCCOCCOCCOCCOCCOCCOCCCC(=O)CBr)CCC1=O. The molecule has 6 atom stereocenters. The normalized spacial score (nSPS) is 16.7. The highest BCUT2D eigenvalue weighted by Gasteiger charge is 2.29. The summed E-state index contributed by atoms with van der Waals surface area (Å²) in [6, 6.07) is 4.46. The fourth-order valence-electron chi connectivity index (χ4n) is 11.0. The lowest BCUT2D eigenvalue weighted by Gasteiger charge is -2.25. The molecule has 2 bridgehead atoms. The quantitative estimate of drug-likeness (QED) is 0.0203. The summed E-state index contributed by atoms with van der Waals surface area (Å²) in [7, 11) is 0. The number of carbonyl (C=O) groups is 7. The minimum Gasteiger partial charge on any atom is -0.508 e. The lowest BCUT2D eigenvalue weighted by Crippen LogP contribution is -2.45. The summed E-state index contributed by atoms with van der Waals surface area (Å²) in [5.41, 5.74) is 18.5. The van der Waals surface area contributed by atoms with E-state index in [9.17, 15) is 38.7 Å². The number of benzene rings is 1. The molecule has 0 radical (unpaired) electrons. The summed E-state index contributed by atoms with van der Waals surface area (Å²) in [5, 5.41) is 31.3. The summed E-state index contributed by atoms with van der Waals surface area (Å²) < 4.78 is 68.1. The maximum atomic E-state index is 14.4. The summed E-state index contributed by atoms with van der Waals surface area (Å²) in [5.74, 6) is -1.82. The number of aliphatic imine (C=N–C) groups is 1. The molecule has 1 aromatic carbocycles. The fraction of sp³-hybridized carbons (Fsp3) is 0.781. The number of nitrogens with one attached hydrogen (secondary N) is 4. The van der Waals surface area contributed by atoms with Gasteiger partial charge in [-0.2, -0.15) is 0 Å². The molecule has 0 saturated heterocycles.